The van der Waals surface area contributed by atoms with E-state index in [-0.39, 0.29) is 17.6 Å². The van der Waals surface area contributed by atoms with Crippen LogP contribution in [0.5, 0.6) is 5.75 Å². The highest BCUT2D eigenvalue weighted by Crippen LogP contribution is 2.40. The summed E-state index contributed by atoms with van der Waals surface area (Å²) in [4.78, 5) is 17.4. The minimum atomic E-state index is -0.0526. The molecular weight excluding hydrogens is 392 g/mol. The molecule has 0 bridgehead atoms. The van der Waals surface area contributed by atoms with Crippen LogP contribution in [-0.2, 0) is 11.8 Å². The van der Waals surface area contributed by atoms with Crippen molar-refractivity contribution in [2.45, 2.75) is 12.3 Å². The van der Waals surface area contributed by atoms with Gasteiger partial charge in [-0.15, -0.1) is 10.2 Å². The molecule has 1 atom stereocenters. The molecule has 4 heterocycles. The van der Waals surface area contributed by atoms with Crippen molar-refractivity contribution in [1.29, 1.82) is 0 Å². The largest absolute Gasteiger partial charge is 0.507 e. The van der Waals surface area contributed by atoms with Crippen LogP contribution in [-0.4, -0.2) is 54.0 Å². The molecule has 1 saturated heterocycles. The maximum Gasteiger partial charge on any atom is 0.245 e. The number of aromatic amines is 1. The van der Waals surface area contributed by atoms with E-state index in [1.807, 2.05) is 42.5 Å². The third kappa shape index (κ3) is 3.26. The van der Waals surface area contributed by atoms with Crippen molar-refractivity contribution in [2.75, 3.05) is 13.1 Å². The number of benzene rings is 1. The average molecular weight is 414 g/mol. The predicted octanol–water partition coefficient (Wildman–Crippen LogP) is 3.23. The van der Waals surface area contributed by atoms with Crippen molar-refractivity contribution in [3.8, 4) is 28.1 Å². The molecule has 2 N–H and O–H groups in total. The number of aromatic nitrogens is 5. The van der Waals surface area contributed by atoms with E-state index in [2.05, 4.69) is 26.9 Å². The molecule has 0 radical (unpaired) electrons. The summed E-state index contributed by atoms with van der Waals surface area (Å²) in [5, 5.41) is 24.3. The van der Waals surface area contributed by atoms with Gasteiger partial charge in [-0.05, 0) is 30.7 Å². The van der Waals surface area contributed by atoms with Gasteiger partial charge in [-0.2, -0.15) is 5.10 Å². The van der Waals surface area contributed by atoms with Gasteiger partial charge >= 0.3 is 0 Å². The van der Waals surface area contributed by atoms with Crippen molar-refractivity contribution >= 4 is 16.9 Å². The van der Waals surface area contributed by atoms with Crippen molar-refractivity contribution in [2.24, 2.45) is 7.05 Å². The Bertz CT molecular complexity index is 1300. The second-order valence-corrected chi connectivity index (χ2v) is 7.80. The van der Waals surface area contributed by atoms with Gasteiger partial charge in [-0.25, -0.2) is 0 Å². The SMILES string of the molecule is C=CC(=O)N1CC[C@@H](c2[nH]c3nnc(-c4ccccc4O)cc3c2-c2cnn(C)c2)C1. The van der Waals surface area contributed by atoms with Crippen LogP contribution in [0.2, 0.25) is 0 Å². The molecule has 5 rings (SSSR count). The number of carbonyl (C=O) groups is 1. The van der Waals surface area contributed by atoms with Crippen LogP contribution >= 0.6 is 0 Å². The first-order valence-electron chi connectivity index (χ1n) is 10.1. The minimum absolute atomic E-state index is 0.0526. The molecule has 4 aromatic rings. The molecule has 1 aromatic carbocycles. The number of fused-ring (bicyclic) bond motifs is 1. The highest BCUT2D eigenvalue weighted by molar-refractivity contribution is 5.97. The molecule has 1 amide bonds. The maximum atomic E-state index is 12.1. The normalized spacial score (nSPS) is 16.2. The summed E-state index contributed by atoms with van der Waals surface area (Å²) >= 11 is 0. The number of H-pyrrole nitrogens is 1. The Hall–Kier alpha value is -3.94. The summed E-state index contributed by atoms with van der Waals surface area (Å²) in [6.45, 7) is 4.90. The first-order valence-corrected chi connectivity index (χ1v) is 10.1. The first kappa shape index (κ1) is 19.0. The smallest absolute Gasteiger partial charge is 0.245 e. The second kappa shape index (κ2) is 7.39. The number of phenolic OH excluding ortho intramolecular Hbond substituents is 1. The van der Waals surface area contributed by atoms with Gasteiger partial charge in [0.15, 0.2) is 5.65 Å². The maximum absolute atomic E-state index is 12.1. The van der Waals surface area contributed by atoms with Crippen LogP contribution < -0.4 is 0 Å². The number of nitrogens with one attached hydrogen (secondary N) is 1. The lowest BCUT2D eigenvalue weighted by atomic mass is 9.96. The van der Waals surface area contributed by atoms with E-state index < -0.39 is 0 Å². The Labute approximate surface area is 178 Å². The number of likely N-dealkylation sites (tertiary alicyclic amines) is 1. The van der Waals surface area contributed by atoms with E-state index >= 15 is 0 Å². The van der Waals surface area contributed by atoms with Crippen LogP contribution in [0, 0.1) is 0 Å². The number of nitrogens with zero attached hydrogens (tertiary/aromatic N) is 5. The molecule has 1 aliphatic rings. The molecular formula is C23H22N6O2. The summed E-state index contributed by atoms with van der Waals surface area (Å²) < 4.78 is 1.76. The number of aryl methyl sites for hydroxylation is 1. The molecule has 1 fully saturated rings. The van der Waals surface area contributed by atoms with Gasteiger partial charge in [0.1, 0.15) is 5.75 Å². The Morgan fingerprint density at radius 2 is 2.16 bits per heavy atom. The van der Waals surface area contributed by atoms with Gasteiger partial charge in [-0.3, -0.25) is 9.48 Å². The summed E-state index contributed by atoms with van der Waals surface area (Å²) in [7, 11) is 1.88. The van der Waals surface area contributed by atoms with E-state index in [0.29, 0.717) is 30.0 Å². The summed E-state index contributed by atoms with van der Waals surface area (Å²) in [6, 6.07) is 9.03. The van der Waals surface area contributed by atoms with Gasteiger partial charge in [-0.1, -0.05) is 18.7 Å². The second-order valence-electron chi connectivity index (χ2n) is 7.80. The van der Waals surface area contributed by atoms with E-state index in [0.717, 1.165) is 28.6 Å². The molecule has 0 aliphatic carbocycles. The standard InChI is InChI=1S/C23H22N6O2/c1-3-20(31)29-9-8-14(13-29)22-21(15-11-24-28(2)12-15)17-10-18(26-27-23(17)25-22)16-6-4-5-7-19(16)30/h3-7,10-12,14,30H,1,8-9,13H2,2H3,(H,25,27)/t14-/m1/s1. The number of hydrogen-bond donors (Lipinski definition) is 2. The van der Waals surface area contributed by atoms with Crippen LogP contribution in [0.25, 0.3) is 33.4 Å². The molecule has 1 aliphatic heterocycles. The van der Waals surface area contributed by atoms with E-state index in [1.165, 1.54) is 6.08 Å². The van der Waals surface area contributed by atoms with Crippen molar-refractivity contribution < 1.29 is 9.90 Å². The van der Waals surface area contributed by atoms with Gasteiger partial charge in [0, 0.05) is 60.0 Å². The molecule has 8 heteroatoms. The van der Waals surface area contributed by atoms with Gasteiger partial charge in [0.25, 0.3) is 0 Å². The zero-order valence-electron chi connectivity index (χ0n) is 17.1. The summed E-state index contributed by atoms with van der Waals surface area (Å²) in [5.74, 6) is 0.245. The number of amides is 1. The molecule has 156 valence electrons. The van der Waals surface area contributed by atoms with Gasteiger partial charge < -0.3 is 15.0 Å². The van der Waals surface area contributed by atoms with Crippen LogP contribution in [0.4, 0.5) is 0 Å². The van der Waals surface area contributed by atoms with Crippen molar-refractivity contribution in [3.63, 3.8) is 0 Å². The fraction of sp³-hybridized carbons (Fsp3) is 0.217. The third-order valence-electron chi connectivity index (χ3n) is 5.84. The highest BCUT2D eigenvalue weighted by atomic mass is 16.3. The summed E-state index contributed by atoms with van der Waals surface area (Å²) in [6.07, 6.45) is 6.00. The molecule has 31 heavy (non-hydrogen) atoms. The number of rotatable bonds is 4. The Morgan fingerprint density at radius 3 is 2.90 bits per heavy atom. The number of carbonyl (C=O) groups excluding carboxylic acids is 1. The fourth-order valence-corrected chi connectivity index (χ4v) is 4.32. The molecule has 8 nitrogen and oxygen atoms in total. The fourth-order valence-electron chi connectivity index (χ4n) is 4.32. The lowest BCUT2D eigenvalue weighted by Crippen LogP contribution is -2.26. The Balaban J connectivity index is 1.66. The van der Waals surface area contributed by atoms with Gasteiger partial charge in [0.05, 0.1) is 11.9 Å². The highest BCUT2D eigenvalue weighted by Gasteiger charge is 2.31. The lowest BCUT2D eigenvalue weighted by molar-refractivity contribution is -0.125. The zero-order chi connectivity index (χ0) is 21.5. The van der Waals surface area contributed by atoms with Crippen LogP contribution in [0.15, 0.2) is 55.4 Å². The van der Waals surface area contributed by atoms with Crippen molar-refractivity contribution in [3.05, 3.63) is 61.1 Å². The quantitative estimate of drug-likeness (QED) is 0.500. The minimum Gasteiger partial charge on any atom is -0.507 e. The number of para-hydroxylation sites is 1. The van der Waals surface area contributed by atoms with E-state index in [9.17, 15) is 9.90 Å². The monoisotopic (exact) mass is 414 g/mol. The molecule has 0 spiro atoms. The zero-order valence-corrected chi connectivity index (χ0v) is 17.1. The number of phenols is 1. The first-order chi connectivity index (χ1) is 15.0. The summed E-state index contributed by atoms with van der Waals surface area (Å²) in [5.41, 5.74) is 4.88. The van der Waals surface area contributed by atoms with Gasteiger partial charge in [0.2, 0.25) is 5.91 Å². The van der Waals surface area contributed by atoms with Crippen LogP contribution in [0.1, 0.15) is 18.0 Å². The Morgan fingerprint density at radius 1 is 1.32 bits per heavy atom. The average Bonchev–Trinajstić information content (AvgIpc) is 3.50. The molecule has 3 aromatic heterocycles. The predicted molar refractivity (Wildman–Crippen MR) is 117 cm³/mol. The van der Waals surface area contributed by atoms with Crippen molar-refractivity contribution in [1.82, 2.24) is 29.9 Å². The molecule has 0 unspecified atom stereocenters. The molecule has 0 saturated carbocycles. The van der Waals surface area contributed by atoms with E-state index in [1.54, 1.807) is 16.8 Å². The topological polar surface area (TPSA) is 99.9 Å². The number of aromatic hydroxyl groups is 1. The van der Waals surface area contributed by atoms with Crippen LogP contribution in [0.3, 0.4) is 0 Å². The Kier molecular flexibility index (Phi) is 4.54. The number of hydrogen-bond acceptors (Lipinski definition) is 5. The third-order valence-corrected chi connectivity index (χ3v) is 5.84. The lowest BCUT2D eigenvalue weighted by Gasteiger charge is -2.14. The van der Waals surface area contributed by atoms with E-state index in [4.69, 9.17) is 0 Å².